The highest BCUT2D eigenvalue weighted by molar-refractivity contribution is 5.58. The van der Waals surface area contributed by atoms with Gasteiger partial charge in [-0.1, -0.05) is 30.4 Å². The largest absolute Gasteiger partial charge is 0.261 e. The lowest BCUT2D eigenvalue weighted by molar-refractivity contribution is 1.33. The Bertz CT molecular complexity index is 288. The average molecular weight is 189 g/mol. The third kappa shape index (κ3) is 4.61. The number of rotatable bonds is 4. The van der Waals surface area contributed by atoms with Crippen molar-refractivity contribution < 1.29 is 0 Å². The van der Waals surface area contributed by atoms with Gasteiger partial charge in [-0.05, 0) is 39.3 Å². The van der Waals surface area contributed by atoms with E-state index in [4.69, 9.17) is 0 Å². The van der Waals surface area contributed by atoms with Crippen molar-refractivity contribution in [3.05, 3.63) is 47.7 Å². The minimum absolute atomic E-state index is 0.992. The Morgan fingerprint density at radius 3 is 2.14 bits per heavy atom. The normalized spacial score (nSPS) is 15.1. The number of hydrogen-bond donors (Lipinski definition) is 0. The van der Waals surface area contributed by atoms with Crippen LogP contribution in [0, 0.1) is 0 Å². The van der Waals surface area contributed by atoms with Crippen molar-refractivity contribution in [1.29, 1.82) is 0 Å². The summed E-state index contributed by atoms with van der Waals surface area (Å²) in [6.07, 6.45) is 13.9. The molecule has 0 aliphatic heterocycles. The van der Waals surface area contributed by atoms with E-state index in [1.165, 1.54) is 0 Å². The molecule has 0 saturated carbocycles. The third-order valence-corrected chi connectivity index (χ3v) is 1.67. The number of hydrogen-bond acceptors (Lipinski definition) is 1. The van der Waals surface area contributed by atoms with E-state index in [1.54, 1.807) is 0 Å². The van der Waals surface area contributed by atoms with Crippen LogP contribution in [0.5, 0.6) is 0 Å². The van der Waals surface area contributed by atoms with E-state index in [-0.39, 0.29) is 0 Å². The van der Waals surface area contributed by atoms with E-state index in [0.29, 0.717) is 0 Å². The van der Waals surface area contributed by atoms with Gasteiger partial charge in [0.2, 0.25) is 0 Å². The first kappa shape index (κ1) is 12.6. The van der Waals surface area contributed by atoms with Gasteiger partial charge in [0.15, 0.2) is 0 Å². The molecule has 0 fully saturated rings. The molecule has 0 amide bonds. The zero-order chi connectivity index (χ0) is 10.8. The summed E-state index contributed by atoms with van der Waals surface area (Å²) >= 11 is 0. The zero-order valence-corrected chi connectivity index (χ0v) is 9.49. The molecule has 0 atom stereocenters. The van der Waals surface area contributed by atoms with Gasteiger partial charge < -0.3 is 0 Å². The highest BCUT2D eigenvalue weighted by Crippen LogP contribution is 2.13. The van der Waals surface area contributed by atoms with Crippen LogP contribution in [0.1, 0.15) is 27.7 Å². The van der Waals surface area contributed by atoms with Crippen molar-refractivity contribution in [2.75, 3.05) is 0 Å². The average Bonchev–Trinajstić information content (AvgIpc) is 2.21. The SMILES string of the molecule is CC=NC(=C/C=C\C)/C(/C=C\C)=C\C. The van der Waals surface area contributed by atoms with Crippen LogP contribution in [-0.4, -0.2) is 6.21 Å². The van der Waals surface area contributed by atoms with Crippen molar-refractivity contribution in [1.82, 2.24) is 0 Å². The quantitative estimate of drug-likeness (QED) is 0.467. The molecule has 0 radical (unpaired) electrons. The lowest BCUT2D eigenvalue weighted by Crippen LogP contribution is -1.83. The van der Waals surface area contributed by atoms with Crippen LogP contribution >= 0.6 is 0 Å². The Morgan fingerprint density at radius 2 is 1.71 bits per heavy atom. The van der Waals surface area contributed by atoms with Gasteiger partial charge in [-0.2, -0.15) is 0 Å². The molecule has 0 rings (SSSR count). The lowest BCUT2D eigenvalue weighted by atomic mass is 10.1. The molecular weight excluding hydrogens is 170 g/mol. The van der Waals surface area contributed by atoms with Crippen LogP contribution in [0.25, 0.3) is 0 Å². The molecule has 0 aliphatic rings. The summed E-state index contributed by atoms with van der Waals surface area (Å²) in [5.74, 6) is 0. The summed E-state index contributed by atoms with van der Waals surface area (Å²) in [5.41, 5.74) is 2.13. The molecule has 14 heavy (non-hydrogen) atoms. The Labute approximate surface area is 87.3 Å². The Balaban J connectivity index is 4.98. The van der Waals surface area contributed by atoms with Gasteiger partial charge in [0, 0.05) is 6.21 Å². The van der Waals surface area contributed by atoms with Crippen LogP contribution in [0.2, 0.25) is 0 Å². The smallest absolute Gasteiger partial charge is 0.0694 e. The first-order chi connectivity index (χ1) is 6.79. The molecular formula is C13H19N. The van der Waals surface area contributed by atoms with Gasteiger partial charge in [-0.25, -0.2) is 0 Å². The molecule has 0 aliphatic carbocycles. The molecule has 0 spiro atoms. The van der Waals surface area contributed by atoms with Crippen LogP contribution in [-0.2, 0) is 0 Å². The molecule has 76 valence electrons. The second kappa shape index (κ2) is 8.24. The molecule has 0 heterocycles. The van der Waals surface area contributed by atoms with Crippen LogP contribution in [0.3, 0.4) is 0 Å². The molecule has 0 unspecified atom stereocenters. The topological polar surface area (TPSA) is 12.4 Å². The molecule has 0 aromatic heterocycles. The maximum absolute atomic E-state index is 4.32. The summed E-state index contributed by atoms with van der Waals surface area (Å²) in [5, 5.41) is 0. The Morgan fingerprint density at radius 1 is 1.00 bits per heavy atom. The Kier molecular flexibility index (Phi) is 7.43. The van der Waals surface area contributed by atoms with E-state index >= 15 is 0 Å². The third-order valence-electron chi connectivity index (χ3n) is 1.67. The second-order valence-electron chi connectivity index (χ2n) is 2.71. The van der Waals surface area contributed by atoms with Gasteiger partial charge in [0.05, 0.1) is 5.70 Å². The molecule has 0 saturated heterocycles. The molecule has 0 bridgehead atoms. The van der Waals surface area contributed by atoms with E-state index in [9.17, 15) is 0 Å². The van der Waals surface area contributed by atoms with E-state index in [2.05, 4.69) is 17.1 Å². The molecule has 0 aromatic carbocycles. The summed E-state index contributed by atoms with van der Waals surface area (Å²) in [7, 11) is 0. The second-order valence-corrected chi connectivity index (χ2v) is 2.71. The fourth-order valence-corrected chi connectivity index (χ4v) is 1.05. The standard InChI is InChI=1S/C13H19N/c1-5-9-11-13(14-8-4)12(7-3)10-6-2/h5-11H,1-4H3/b9-5-,10-6-,12-7-,13-11+,14-8?. The van der Waals surface area contributed by atoms with Crippen LogP contribution < -0.4 is 0 Å². The minimum atomic E-state index is 0.992. The van der Waals surface area contributed by atoms with Gasteiger partial charge in [-0.3, -0.25) is 4.99 Å². The first-order valence-corrected chi connectivity index (χ1v) is 4.91. The predicted molar refractivity (Wildman–Crippen MR) is 65.6 cm³/mol. The van der Waals surface area contributed by atoms with Crippen LogP contribution in [0.15, 0.2) is 52.7 Å². The van der Waals surface area contributed by atoms with E-state index in [1.807, 2.05) is 58.2 Å². The highest BCUT2D eigenvalue weighted by Gasteiger charge is 1.95. The monoisotopic (exact) mass is 189 g/mol. The van der Waals surface area contributed by atoms with Gasteiger partial charge in [0.1, 0.15) is 0 Å². The lowest BCUT2D eigenvalue weighted by Gasteiger charge is -2.00. The fraction of sp³-hybridized carbons (Fsp3) is 0.308. The fourth-order valence-electron chi connectivity index (χ4n) is 1.05. The molecule has 0 aromatic rings. The number of aliphatic imine (C=N–C) groups is 1. The number of allylic oxidation sites excluding steroid dienone is 6. The summed E-state index contributed by atoms with van der Waals surface area (Å²) < 4.78 is 0. The van der Waals surface area contributed by atoms with Crippen molar-refractivity contribution in [3.8, 4) is 0 Å². The van der Waals surface area contributed by atoms with E-state index in [0.717, 1.165) is 11.3 Å². The van der Waals surface area contributed by atoms with Gasteiger partial charge in [0.25, 0.3) is 0 Å². The zero-order valence-electron chi connectivity index (χ0n) is 9.49. The van der Waals surface area contributed by atoms with E-state index < -0.39 is 0 Å². The maximum atomic E-state index is 4.32. The predicted octanol–water partition coefficient (Wildman–Crippen LogP) is 4.06. The highest BCUT2D eigenvalue weighted by atomic mass is 14.7. The van der Waals surface area contributed by atoms with Crippen LogP contribution in [0.4, 0.5) is 0 Å². The minimum Gasteiger partial charge on any atom is -0.261 e. The Hall–Kier alpha value is -1.37. The molecule has 1 heteroatoms. The van der Waals surface area contributed by atoms with Crippen molar-refractivity contribution in [2.24, 2.45) is 4.99 Å². The summed E-state index contributed by atoms with van der Waals surface area (Å²) in [4.78, 5) is 4.32. The van der Waals surface area contributed by atoms with Crippen molar-refractivity contribution >= 4 is 6.21 Å². The molecule has 1 nitrogen and oxygen atoms in total. The summed E-state index contributed by atoms with van der Waals surface area (Å²) in [6.45, 7) is 7.94. The van der Waals surface area contributed by atoms with Gasteiger partial charge >= 0.3 is 0 Å². The number of nitrogens with zero attached hydrogens (tertiary/aromatic N) is 1. The van der Waals surface area contributed by atoms with Gasteiger partial charge in [-0.15, -0.1) is 0 Å². The van der Waals surface area contributed by atoms with Crippen molar-refractivity contribution in [3.63, 3.8) is 0 Å². The maximum Gasteiger partial charge on any atom is 0.0694 e. The first-order valence-electron chi connectivity index (χ1n) is 4.91. The van der Waals surface area contributed by atoms with Crippen molar-refractivity contribution in [2.45, 2.75) is 27.7 Å². The molecule has 0 N–H and O–H groups in total. The summed E-state index contributed by atoms with van der Waals surface area (Å²) in [6, 6.07) is 0.